The van der Waals surface area contributed by atoms with Crippen molar-refractivity contribution in [1.82, 2.24) is 24.5 Å². The fraction of sp³-hybridized carbons (Fsp3) is 0.579. The Hall–Kier alpha value is -2.22. The summed E-state index contributed by atoms with van der Waals surface area (Å²) >= 11 is 1.43. The number of fused-ring (bicyclic) bond motifs is 3. The number of nitrogens with zero attached hydrogens (tertiary/aromatic N) is 4. The molecule has 2 atom stereocenters. The van der Waals surface area contributed by atoms with Crippen LogP contribution < -0.4 is 10.9 Å². The maximum absolute atomic E-state index is 12.4. The van der Waals surface area contributed by atoms with Crippen molar-refractivity contribution in [3.8, 4) is 0 Å². The zero-order valence-corrected chi connectivity index (χ0v) is 16.6. The van der Waals surface area contributed by atoms with Crippen LogP contribution >= 0.6 is 11.3 Å². The van der Waals surface area contributed by atoms with Gasteiger partial charge in [0.15, 0.2) is 0 Å². The summed E-state index contributed by atoms with van der Waals surface area (Å²) in [7, 11) is 1.72. The van der Waals surface area contributed by atoms with Crippen LogP contribution in [-0.2, 0) is 18.3 Å². The predicted octanol–water partition coefficient (Wildman–Crippen LogP) is 2.66. The highest BCUT2D eigenvalue weighted by Gasteiger charge is 2.22. The van der Waals surface area contributed by atoms with E-state index in [-0.39, 0.29) is 11.5 Å². The monoisotopic (exact) mass is 387 g/mol. The maximum atomic E-state index is 12.4. The van der Waals surface area contributed by atoms with Crippen molar-refractivity contribution in [1.29, 1.82) is 0 Å². The number of rotatable bonds is 5. The largest absolute Gasteiger partial charge is 0.353 e. The SMILES string of the molecule is C[C@@H]1CCCC[C@@H]1NC(=O)CCCc1nnc2n(C)c(=O)c3sccc3n12. The Kier molecular flexibility index (Phi) is 4.99. The Morgan fingerprint density at radius 3 is 2.96 bits per heavy atom. The molecule has 1 amide bonds. The lowest BCUT2D eigenvalue weighted by Gasteiger charge is -2.29. The summed E-state index contributed by atoms with van der Waals surface area (Å²) in [5.74, 6) is 2.02. The number of thiophene rings is 1. The fourth-order valence-corrected chi connectivity index (χ4v) is 4.88. The lowest BCUT2D eigenvalue weighted by Crippen LogP contribution is -2.40. The third kappa shape index (κ3) is 3.38. The van der Waals surface area contributed by atoms with Crippen LogP contribution in [0.25, 0.3) is 16.0 Å². The van der Waals surface area contributed by atoms with Gasteiger partial charge >= 0.3 is 0 Å². The minimum absolute atomic E-state index is 0.0487. The van der Waals surface area contributed by atoms with Crippen molar-refractivity contribution in [3.63, 3.8) is 0 Å². The number of nitrogens with one attached hydrogen (secondary N) is 1. The summed E-state index contributed by atoms with van der Waals surface area (Å²) in [6.07, 6.45) is 6.61. The predicted molar refractivity (Wildman–Crippen MR) is 106 cm³/mol. The van der Waals surface area contributed by atoms with Crippen molar-refractivity contribution < 1.29 is 4.79 Å². The van der Waals surface area contributed by atoms with Gasteiger partial charge in [-0.3, -0.25) is 18.6 Å². The summed E-state index contributed by atoms with van der Waals surface area (Å²) < 4.78 is 4.18. The molecule has 0 aliphatic heterocycles. The number of carbonyl (C=O) groups is 1. The van der Waals surface area contributed by atoms with Gasteiger partial charge in [0.2, 0.25) is 11.7 Å². The number of amides is 1. The van der Waals surface area contributed by atoms with Gasteiger partial charge in [-0.2, -0.15) is 0 Å². The molecule has 0 spiro atoms. The van der Waals surface area contributed by atoms with E-state index >= 15 is 0 Å². The number of carbonyl (C=O) groups excluding carboxylic acids is 1. The highest BCUT2D eigenvalue weighted by atomic mass is 32.1. The Morgan fingerprint density at radius 1 is 1.33 bits per heavy atom. The lowest BCUT2D eigenvalue weighted by atomic mass is 9.86. The first-order valence-electron chi connectivity index (χ1n) is 9.66. The van der Waals surface area contributed by atoms with E-state index in [1.54, 1.807) is 7.05 Å². The van der Waals surface area contributed by atoms with E-state index < -0.39 is 0 Å². The van der Waals surface area contributed by atoms with Gasteiger partial charge in [0.1, 0.15) is 10.5 Å². The fourth-order valence-electron chi connectivity index (χ4n) is 4.03. The molecule has 27 heavy (non-hydrogen) atoms. The molecule has 0 unspecified atom stereocenters. The van der Waals surface area contributed by atoms with Gasteiger partial charge in [0, 0.05) is 25.9 Å². The molecule has 1 N–H and O–H groups in total. The summed E-state index contributed by atoms with van der Waals surface area (Å²) in [4.78, 5) is 24.7. The number of hydrogen-bond donors (Lipinski definition) is 1. The minimum atomic E-state index is -0.0487. The topological polar surface area (TPSA) is 81.3 Å². The first kappa shape index (κ1) is 18.2. The van der Waals surface area contributed by atoms with E-state index in [1.807, 2.05) is 15.8 Å². The summed E-state index contributed by atoms with van der Waals surface area (Å²) in [5, 5.41) is 13.6. The van der Waals surface area contributed by atoms with Crippen LogP contribution in [0, 0.1) is 5.92 Å². The molecule has 4 rings (SSSR count). The van der Waals surface area contributed by atoms with E-state index in [2.05, 4.69) is 22.4 Å². The molecule has 0 bridgehead atoms. The highest BCUT2D eigenvalue weighted by Crippen LogP contribution is 2.24. The van der Waals surface area contributed by atoms with Crippen molar-refractivity contribution in [2.75, 3.05) is 0 Å². The van der Waals surface area contributed by atoms with E-state index in [1.165, 1.54) is 35.2 Å². The molecular formula is C19H25N5O2S. The van der Waals surface area contributed by atoms with Crippen LogP contribution in [-0.4, -0.2) is 31.1 Å². The number of aromatic nitrogens is 4. The summed E-state index contributed by atoms with van der Waals surface area (Å²) in [6, 6.07) is 2.25. The Morgan fingerprint density at radius 2 is 2.15 bits per heavy atom. The van der Waals surface area contributed by atoms with Crippen LogP contribution in [0.5, 0.6) is 0 Å². The Balaban J connectivity index is 1.45. The lowest BCUT2D eigenvalue weighted by molar-refractivity contribution is -0.122. The van der Waals surface area contributed by atoms with E-state index in [9.17, 15) is 9.59 Å². The maximum Gasteiger partial charge on any atom is 0.272 e. The third-order valence-electron chi connectivity index (χ3n) is 5.66. The van der Waals surface area contributed by atoms with Crippen molar-refractivity contribution in [2.24, 2.45) is 13.0 Å². The number of hydrogen-bond acceptors (Lipinski definition) is 5. The molecule has 0 aromatic carbocycles. The molecule has 1 aliphatic rings. The molecule has 8 heteroatoms. The average molecular weight is 388 g/mol. The van der Waals surface area contributed by atoms with Crippen molar-refractivity contribution in [3.05, 3.63) is 27.6 Å². The van der Waals surface area contributed by atoms with Crippen molar-refractivity contribution in [2.45, 2.75) is 57.9 Å². The van der Waals surface area contributed by atoms with Gasteiger partial charge in [-0.25, -0.2) is 0 Å². The van der Waals surface area contributed by atoms with Gasteiger partial charge < -0.3 is 5.32 Å². The average Bonchev–Trinajstić information content (AvgIpc) is 3.28. The Labute approximate surface area is 161 Å². The third-order valence-corrected chi connectivity index (χ3v) is 6.55. The van der Waals surface area contributed by atoms with Gasteiger partial charge in [-0.05, 0) is 36.6 Å². The first-order valence-corrected chi connectivity index (χ1v) is 10.5. The molecule has 3 aromatic rings. The second-order valence-electron chi connectivity index (χ2n) is 7.54. The molecule has 1 fully saturated rings. The zero-order valence-electron chi connectivity index (χ0n) is 15.8. The van der Waals surface area contributed by atoms with E-state index in [0.717, 1.165) is 17.8 Å². The van der Waals surface area contributed by atoms with Gasteiger partial charge in [0.05, 0.1) is 5.52 Å². The zero-order chi connectivity index (χ0) is 19.0. The normalized spacial score (nSPS) is 20.4. The molecule has 0 saturated heterocycles. The minimum Gasteiger partial charge on any atom is -0.353 e. The molecule has 3 heterocycles. The van der Waals surface area contributed by atoms with E-state index in [4.69, 9.17) is 0 Å². The number of aryl methyl sites for hydroxylation is 2. The van der Waals surface area contributed by atoms with Crippen LogP contribution in [0.1, 0.15) is 51.3 Å². The molecule has 7 nitrogen and oxygen atoms in total. The van der Waals surface area contributed by atoms with Crippen LogP contribution in [0.15, 0.2) is 16.2 Å². The van der Waals surface area contributed by atoms with Gasteiger partial charge in [-0.1, -0.05) is 19.8 Å². The molecule has 1 aliphatic carbocycles. The van der Waals surface area contributed by atoms with E-state index in [0.29, 0.717) is 41.7 Å². The quantitative estimate of drug-likeness (QED) is 0.730. The van der Waals surface area contributed by atoms with Crippen LogP contribution in [0.4, 0.5) is 0 Å². The molecule has 1 saturated carbocycles. The summed E-state index contributed by atoms with van der Waals surface area (Å²) in [5.41, 5.74) is 0.797. The second kappa shape index (κ2) is 7.42. The Bertz CT molecular complexity index is 1030. The van der Waals surface area contributed by atoms with Crippen LogP contribution in [0.3, 0.4) is 0 Å². The van der Waals surface area contributed by atoms with Gasteiger partial charge in [-0.15, -0.1) is 21.5 Å². The van der Waals surface area contributed by atoms with Crippen molar-refractivity contribution >= 4 is 33.2 Å². The second-order valence-corrected chi connectivity index (χ2v) is 8.46. The molecule has 3 aromatic heterocycles. The molecular weight excluding hydrogens is 362 g/mol. The molecule has 144 valence electrons. The van der Waals surface area contributed by atoms with Crippen LogP contribution in [0.2, 0.25) is 0 Å². The highest BCUT2D eigenvalue weighted by molar-refractivity contribution is 7.17. The first-order chi connectivity index (χ1) is 13.1. The summed E-state index contributed by atoms with van der Waals surface area (Å²) in [6.45, 7) is 2.23. The van der Waals surface area contributed by atoms with Gasteiger partial charge in [0.25, 0.3) is 5.56 Å². The smallest absolute Gasteiger partial charge is 0.272 e. The standard InChI is InChI=1S/C19H25N5O2S/c1-12-6-3-4-7-13(12)20-16(25)9-5-8-15-21-22-19-23(2)18(26)17-14(24(15)19)10-11-27-17/h10-13H,3-9H2,1-2H3,(H,20,25)/t12-,13+/m1/s1. The molecule has 0 radical (unpaired) electrons.